The largest absolute Gasteiger partial charge is 0.392 e. The summed E-state index contributed by atoms with van der Waals surface area (Å²) in [6, 6.07) is 0. The third-order valence-electron chi connectivity index (χ3n) is 7.28. The number of ketones is 1. The molecule has 23 heavy (non-hydrogen) atoms. The van der Waals surface area contributed by atoms with E-state index in [1.165, 1.54) is 0 Å². The first kappa shape index (κ1) is 16.9. The molecule has 0 aliphatic heterocycles. The monoisotopic (exact) mass is 318 g/mol. The van der Waals surface area contributed by atoms with Crippen LogP contribution in [-0.2, 0) is 4.79 Å². The maximum absolute atomic E-state index is 12.9. The van der Waals surface area contributed by atoms with E-state index in [0.717, 1.165) is 18.4 Å². The lowest BCUT2D eigenvalue weighted by molar-refractivity contribution is -0.199. The number of aliphatic hydroxyl groups excluding tert-OH is 1. The Labute approximate surface area is 139 Å². The first-order valence-electron chi connectivity index (χ1n) is 8.81. The molecule has 0 amide bonds. The summed E-state index contributed by atoms with van der Waals surface area (Å²) in [5.41, 5.74) is -1.52. The molecule has 2 saturated carbocycles. The van der Waals surface area contributed by atoms with Crippen LogP contribution in [0.3, 0.4) is 0 Å². The normalized spacial score (nSPS) is 49.0. The van der Waals surface area contributed by atoms with Crippen molar-refractivity contribution in [3.8, 4) is 0 Å². The maximum atomic E-state index is 12.9. The summed E-state index contributed by atoms with van der Waals surface area (Å²) >= 11 is 0. The zero-order valence-corrected chi connectivity index (χ0v) is 14.9. The van der Waals surface area contributed by atoms with Crippen molar-refractivity contribution in [2.75, 3.05) is 0 Å². The Hall–Kier alpha value is -0.930. The molecule has 0 heterocycles. The lowest BCUT2D eigenvalue weighted by atomic mass is 9.43. The predicted molar refractivity (Wildman–Crippen MR) is 90.8 cm³/mol. The van der Waals surface area contributed by atoms with Crippen LogP contribution in [0, 0.1) is 22.2 Å². The fourth-order valence-electron chi connectivity index (χ4n) is 5.51. The molecule has 128 valence electrons. The molecule has 2 fully saturated rings. The van der Waals surface area contributed by atoms with Crippen LogP contribution >= 0.6 is 0 Å². The van der Waals surface area contributed by atoms with Gasteiger partial charge in [-0.05, 0) is 54.6 Å². The number of carbonyl (C=O) groups is 1. The summed E-state index contributed by atoms with van der Waals surface area (Å²) in [5, 5.41) is 22.7. The summed E-state index contributed by atoms with van der Waals surface area (Å²) in [4.78, 5) is 12.9. The highest BCUT2D eigenvalue weighted by Crippen LogP contribution is 2.64. The molecule has 3 nitrogen and oxygen atoms in total. The molecule has 3 aliphatic carbocycles. The van der Waals surface area contributed by atoms with E-state index in [9.17, 15) is 15.0 Å². The van der Waals surface area contributed by atoms with Gasteiger partial charge in [0.15, 0.2) is 5.78 Å². The Bertz CT molecular complexity index is 590. The molecule has 0 aromatic rings. The van der Waals surface area contributed by atoms with Crippen LogP contribution in [0.4, 0.5) is 0 Å². The molecule has 0 spiro atoms. The van der Waals surface area contributed by atoms with Gasteiger partial charge >= 0.3 is 0 Å². The van der Waals surface area contributed by atoms with Gasteiger partial charge < -0.3 is 10.2 Å². The fraction of sp³-hybridized carbons (Fsp3) is 0.750. The Morgan fingerprint density at radius 3 is 2.48 bits per heavy atom. The van der Waals surface area contributed by atoms with Gasteiger partial charge in [-0.2, -0.15) is 0 Å². The number of rotatable bonds is 1. The molecule has 0 saturated heterocycles. The van der Waals surface area contributed by atoms with Gasteiger partial charge in [0.05, 0.1) is 11.7 Å². The SMILES string of the molecule is C=CC1(C)CC(O)C2(C)C(C1)C(=O)C=C1C(C)(C)CCCC12O. The Kier molecular flexibility index (Phi) is 3.53. The summed E-state index contributed by atoms with van der Waals surface area (Å²) in [5.74, 6) is -0.286. The minimum Gasteiger partial charge on any atom is -0.392 e. The molecule has 0 aromatic heterocycles. The maximum Gasteiger partial charge on any atom is 0.159 e. The van der Waals surface area contributed by atoms with Crippen molar-refractivity contribution >= 4 is 5.78 Å². The quantitative estimate of drug-likeness (QED) is 0.729. The van der Waals surface area contributed by atoms with Gasteiger partial charge in [0.1, 0.15) is 0 Å². The van der Waals surface area contributed by atoms with Crippen molar-refractivity contribution < 1.29 is 15.0 Å². The minimum atomic E-state index is -1.09. The average molecular weight is 318 g/mol. The van der Waals surface area contributed by atoms with E-state index in [4.69, 9.17) is 0 Å². The van der Waals surface area contributed by atoms with Gasteiger partial charge in [-0.3, -0.25) is 4.79 Å². The number of aliphatic hydroxyl groups is 2. The first-order chi connectivity index (χ1) is 10.5. The minimum absolute atomic E-state index is 0.0639. The number of hydrogen-bond acceptors (Lipinski definition) is 3. The number of allylic oxidation sites excluding steroid dienone is 2. The van der Waals surface area contributed by atoms with Crippen LogP contribution in [-0.4, -0.2) is 27.7 Å². The standard InChI is InChI=1S/C20H30O3/c1-6-18(4)11-13-14(21)10-15-17(2,3)8-7-9-20(15,23)19(13,5)16(22)12-18/h6,10,13,16,22-23H,1,7-9,11-12H2,2-5H3. The topological polar surface area (TPSA) is 57.5 Å². The van der Waals surface area contributed by atoms with Crippen molar-refractivity contribution in [2.45, 2.75) is 71.5 Å². The summed E-state index contributed by atoms with van der Waals surface area (Å²) < 4.78 is 0. The molecule has 0 radical (unpaired) electrons. The highest BCUT2D eigenvalue weighted by molar-refractivity contribution is 5.95. The van der Waals surface area contributed by atoms with Crippen molar-refractivity contribution in [3.63, 3.8) is 0 Å². The fourth-order valence-corrected chi connectivity index (χ4v) is 5.51. The van der Waals surface area contributed by atoms with Crippen LogP contribution < -0.4 is 0 Å². The summed E-state index contributed by atoms with van der Waals surface area (Å²) in [6.07, 6.45) is 6.56. The van der Waals surface area contributed by atoms with Crippen LogP contribution in [0.15, 0.2) is 24.3 Å². The second-order valence-corrected chi connectivity index (χ2v) is 9.18. The number of hydrogen-bond donors (Lipinski definition) is 2. The van der Waals surface area contributed by atoms with E-state index in [1.807, 2.05) is 19.9 Å². The van der Waals surface area contributed by atoms with Gasteiger partial charge in [0.2, 0.25) is 0 Å². The van der Waals surface area contributed by atoms with E-state index in [1.54, 1.807) is 6.08 Å². The Balaban J connectivity index is 2.18. The lowest BCUT2D eigenvalue weighted by Gasteiger charge is -2.63. The molecular formula is C20H30O3. The zero-order chi connectivity index (χ0) is 17.3. The van der Waals surface area contributed by atoms with E-state index in [0.29, 0.717) is 19.3 Å². The molecule has 3 heteroatoms. The summed E-state index contributed by atoms with van der Waals surface area (Å²) in [6.45, 7) is 12.1. The second-order valence-electron chi connectivity index (χ2n) is 9.18. The van der Waals surface area contributed by atoms with Gasteiger partial charge in [0.25, 0.3) is 0 Å². The Morgan fingerprint density at radius 2 is 1.87 bits per heavy atom. The molecule has 5 unspecified atom stereocenters. The first-order valence-corrected chi connectivity index (χ1v) is 8.81. The Morgan fingerprint density at radius 1 is 1.22 bits per heavy atom. The smallest absolute Gasteiger partial charge is 0.159 e. The van der Waals surface area contributed by atoms with Crippen molar-refractivity contribution in [1.82, 2.24) is 0 Å². The van der Waals surface area contributed by atoms with Crippen LogP contribution in [0.5, 0.6) is 0 Å². The number of carbonyl (C=O) groups excluding carboxylic acids is 1. The van der Waals surface area contributed by atoms with Crippen molar-refractivity contribution in [2.24, 2.45) is 22.2 Å². The number of fused-ring (bicyclic) bond motifs is 3. The van der Waals surface area contributed by atoms with Crippen LogP contribution in [0.25, 0.3) is 0 Å². The van der Waals surface area contributed by atoms with E-state index in [-0.39, 0.29) is 22.5 Å². The molecular weight excluding hydrogens is 288 g/mol. The van der Waals surface area contributed by atoms with E-state index >= 15 is 0 Å². The van der Waals surface area contributed by atoms with Gasteiger partial charge in [-0.15, -0.1) is 6.58 Å². The highest BCUT2D eigenvalue weighted by atomic mass is 16.3. The molecule has 3 rings (SSSR count). The van der Waals surface area contributed by atoms with Crippen molar-refractivity contribution in [3.05, 3.63) is 24.3 Å². The molecule has 2 N–H and O–H groups in total. The van der Waals surface area contributed by atoms with Crippen molar-refractivity contribution in [1.29, 1.82) is 0 Å². The molecule has 0 aromatic carbocycles. The average Bonchev–Trinajstić information content (AvgIpc) is 2.45. The highest BCUT2D eigenvalue weighted by Gasteiger charge is 2.66. The van der Waals surface area contributed by atoms with Crippen LogP contribution in [0.2, 0.25) is 0 Å². The third kappa shape index (κ3) is 2.05. The second kappa shape index (κ2) is 4.80. The van der Waals surface area contributed by atoms with Gasteiger partial charge in [0, 0.05) is 11.3 Å². The predicted octanol–water partition coefficient (Wildman–Crippen LogP) is 3.41. The summed E-state index contributed by atoms with van der Waals surface area (Å²) in [7, 11) is 0. The lowest BCUT2D eigenvalue weighted by Crippen LogP contribution is -2.67. The van der Waals surface area contributed by atoms with E-state index in [2.05, 4.69) is 20.4 Å². The molecule has 5 atom stereocenters. The molecule has 3 aliphatic rings. The zero-order valence-electron chi connectivity index (χ0n) is 14.9. The van der Waals surface area contributed by atoms with Gasteiger partial charge in [-0.1, -0.05) is 33.8 Å². The van der Waals surface area contributed by atoms with Crippen LogP contribution in [0.1, 0.15) is 59.8 Å². The molecule has 0 bridgehead atoms. The third-order valence-corrected chi connectivity index (χ3v) is 7.28. The van der Waals surface area contributed by atoms with Gasteiger partial charge in [-0.25, -0.2) is 0 Å². The van der Waals surface area contributed by atoms with E-state index < -0.39 is 17.1 Å².